The molecule has 0 fully saturated rings. The summed E-state index contributed by atoms with van der Waals surface area (Å²) in [6.07, 6.45) is -1.53. The van der Waals surface area contributed by atoms with Gasteiger partial charge in [0.25, 0.3) is 0 Å². The minimum absolute atomic E-state index is 0.0493. The number of amides is 1. The smallest absolute Gasteiger partial charge is 0.407 e. The molecule has 0 aliphatic rings. The van der Waals surface area contributed by atoms with Crippen LogP contribution in [0.2, 0.25) is 0 Å². The molecule has 174 valence electrons. The highest BCUT2D eigenvalue weighted by Crippen LogP contribution is 2.13. The summed E-state index contributed by atoms with van der Waals surface area (Å²) < 4.78 is 31.3. The van der Waals surface area contributed by atoms with Gasteiger partial charge in [-0.1, -0.05) is 81.1 Å². The van der Waals surface area contributed by atoms with Gasteiger partial charge in [0, 0.05) is 18.5 Å². The molecule has 0 radical (unpaired) electrons. The number of aliphatic hydroxyl groups is 1. The summed E-state index contributed by atoms with van der Waals surface area (Å²) in [6.45, 7) is 7.29. The van der Waals surface area contributed by atoms with Crippen molar-refractivity contribution >= 4 is 16.1 Å². The molecule has 0 unspecified atom stereocenters. The second-order valence-corrected chi connectivity index (χ2v) is 9.87. The first-order valence-electron chi connectivity index (χ1n) is 10.5. The number of ether oxygens (including phenoxy) is 1. The zero-order valence-corrected chi connectivity index (χ0v) is 19.4. The van der Waals surface area contributed by atoms with Gasteiger partial charge in [-0.05, 0) is 23.5 Å². The molecule has 2 aromatic rings. The van der Waals surface area contributed by atoms with Crippen LogP contribution >= 0.6 is 0 Å². The maximum absolute atomic E-state index is 12.4. The molecule has 32 heavy (non-hydrogen) atoms. The molecular formula is C24H32N2O5S. The number of hydrogen-bond donors (Lipinski definition) is 2. The summed E-state index contributed by atoms with van der Waals surface area (Å²) in [6, 6.07) is 17.8. The Morgan fingerprint density at radius 1 is 1.06 bits per heavy atom. The Balaban J connectivity index is 2.13. The van der Waals surface area contributed by atoms with Crippen LogP contribution in [0, 0.1) is 5.92 Å². The van der Waals surface area contributed by atoms with Crippen LogP contribution < -0.4 is 5.32 Å². The maximum Gasteiger partial charge on any atom is 0.407 e. The highest BCUT2D eigenvalue weighted by Gasteiger charge is 2.29. The number of sulfonamides is 1. The molecule has 2 atom stereocenters. The van der Waals surface area contributed by atoms with Crippen LogP contribution in [-0.4, -0.2) is 49.2 Å². The molecule has 8 heteroatoms. The molecule has 0 aliphatic heterocycles. The highest BCUT2D eigenvalue weighted by atomic mass is 32.2. The van der Waals surface area contributed by atoms with Crippen LogP contribution in [0.25, 0.3) is 0 Å². The monoisotopic (exact) mass is 460 g/mol. The maximum atomic E-state index is 12.4. The second kappa shape index (κ2) is 12.4. The van der Waals surface area contributed by atoms with Crippen molar-refractivity contribution in [2.24, 2.45) is 5.92 Å². The molecule has 0 aromatic heterocycles. The van der Waals surface area contributed by atoms with Gasteiger partial charge in [-0.2, -0.15) is 4.31 Å². The van der Waals surface area contributed by atoms with Crippen molar-refractivity contribution in [2.45, 2.75) is 39.0 Å². The van der Waals surface area contributed by atoms with Crippen molar-refractivity contribution < 1.29 is 23.1 Å². The Bertz CT molecular complexity index is 949. The fourth-order valence-electron chi connectivity index (χ4n) is 3.20. The number of alkyl carbamates (subject to hydrolysis) is 1. The van der Waals surface area contributed by atoms with Crippen LogP contribution in [0.5, 0.6) is 0 Å². The van der Waals surface area contributed by atoms with E-state index in [0.717, 1.165) is 16.5 Å². The molecule has 0 saturated heterocycles. The molecule has 7 nitrogen and oxygen atoms in total. The SMILES string of the molecule is C=CS(=O)(=O)N(CC(C)C)C[C@@H](O)[C@H](Cc1ccccc1)NC(=O)OCc1ccccc1. The second-order valence-electron chi connectivity index (χ2n) is 7.99. The predicted molar refractivity (Wildman–Crippen MR) is 125 cm³/mol. The van der Waals surface area contributed by atoms with Gasteiger partial charge in [0.15, 0.2) is 0 Å². The van der Waals surface area contributed by atoms with E-state index < -0.39 is 28.3 Å². The van der Waals surface area contributed by atoms with Gasteiger partial charge in [0.2, 0.25) is 10.0 Å². The van der Waals surface area contributed by atoms with Gasteiger partial charge in [-0.25, -0.2) is 13.2 Å². The van der Waals surface area contributed by atoms with Crippen LogP contribution in [0.15, 0.2) is 72.7 Å². The predicted octanol–water partition coefficient (Wildman–Crippen LogP) is 3.32. The van der Waals surface area contributed by atoms with Crippen LogP contribution in [0.1, 0.15) is 25.0 Å². The number of nitrogens with one attached hydrogen (secondary N) is 1. The van der Waals surface area contributed by atoms with Crippen LogP contribution in [-0.2, 0) is 27.8 Å². The van der Waals surface area contributed by atoms with Crippen LogP contribution in [0.3, 0.4) is 0 Å². The molecule has 1 amide bonds. The summed E-state index contributed by atoms with van der Waals surface area (Å²) >= 11 is 0. The van der Waals surface area contributed by atoms with E-state index in [1.807, 2.05) is 74.5 Å². The zero-order chi connectivity index (χ0) is 23.6. The van der Waals surface area contributed by atoms with E-state index in [4.69, 9.17) is 4.74 Å². The first kappa shape index (κ1) is 25.6. The molecule has 0 aliphatic carbocycles. The third-order valence-electron chi connectivity index (χ3n) is 4.81. The van der Waals surface area contributed by atoms with Crippen molar-refractivity contribution in [2.75, 3.05) is 13.1 Å². The van der Waals surface area contributed by atoms with Gasteiger partial charge in [-0.15, -0.1) is 0 Å². The molecule has 0 spiro atoms. The van der Waals surface area contributed by atoms with E-state index in [-0.39, 0.29) is 25.6 Å². The summed E-state index contributed by atoms with van der Waals surface area (Å²) in [7, 11) is -3.74. The molecular weight excluding hydrogens is 428 g/mol. The lowest BCUT2D eigenvalue weighted by Gasteiger charge is -2.29. The normalized spacial score (nSPS) is 13.5. The van der Waals surface area contributed by atoms with Gasteiger partial charge in [0.1, 0.15) is 6.61 Å². The fraction of sp³-hybridized carbons (Fsp3) is 0.375. The quantitative estimate of drug-likeness (QED) is 0.507. The Labute approximate surface area is 190 Å². The number of hydrogen-bond acceptors (Lipinski definition) is 5. The number of benzene rings is 2. The Morgan fingerprint density at radius 2 is 1.62 bits per heavy atom. The van der Waals surface area contributed by atoms with Crippen LogP contribution in [0.4, 0.5) is 4.79 Å². The molecule has 0 heterocycles. The molecule has 2 rings (SSSR count). The van der Waals surface area contributed by atoms with Crippen molar-refractivity contribution in [3.05, 3.63) is 83.8 Å². The number of carbonyl (C=O) groups is 1. The molecule has 2 aromatic carbocycles. The minimum atomic E-state index is -3.74. The Kier molecular flexibility index (Phi) is 9.90. The number of carbonyl (C=O) groups excluding carboxylic acids is 1. The standard InChI is InChI=1S/C24H32N2O5S/c1-4-32(29,30)26(16-19(2)3)17-23(27)22(15-20-11-7-5-8-12-20)25-24(28)31-18-21-13-9-6-10-14-21/h4-14,19,22-23,27H,1,15-18H2,2-3H3,(H,25,28)/t22-,23+/m0/s1. The van der Waals surface area contributed by atoms with E-state index >= 15 is 0 Å². The highest BCUT2D eigenvalue weighted by molar-refractivity contribution is 7.92. The Morgan fingerprint density at radius 3 is 2.16 bits per heavy atom. The molecule has 0 saturated carbocycles. The third-order valence-corrected chi connectivity index (χ3v) is 6.25. The summed E-state index contributed by atoms with van der Waals surface area (Å²) in [5.74, 6) is 0.0493. The lowest BCUT2D eigenvalue weighted by Crippen LogP contribution is -2.51. The average Bonchev–Trinajstić information content (AvgIpc) is 2.78. The van der Waals surface area contributed by atoms with E-state index in [1.54, 1.807) is 0 Å². The lowest BCUT2D eigenvalue weighted by atomic mass is 10.0. The number of nitrogens with zero attached hydrogens (tertiary/aromatic N) is 1. The van der Waals surface area contributed by atoms with E-state index in [1.165, 1.54) is 4.31 Å². The topological polar surface area (TPSA) is 95.9 Å². The van der Waals surface area contributed by atoms with Gasteiger partial charge >= 0.3 is 6.09 Å². The molecule has 2 N–H and O–H groups in total. The number of rotatable bonds is 12. The first-order chi connectivity index (χ1) is 15.2. The van der Waals surface area contributed by atoms with E-state index in [0.29, 0.717) is 6.42 Å². The van der Waals surface area contributed by atoms with Crippen molar-refractivity contribution in [3.63, 3.8) is 0 Å². The van der Waals surface area contributed by atoms with Gasteiger partial charge in [0.05, 0.1) is 12.1 Å². The third kappa shape index (κ3) is 8.45. The van der Waals surface area contributed by atoms with Gasteiger partial charge in [-0.3, -0.25) is 0 Å². The van der Waals surface area contributed by atoms with Crippen molar-refractivity contribution in [1.29, 1.82) is 0 Å². The first-order valence-corrected chi connectivity index (χ1v) is 12.0. The summed E-state index contributed by atoms with van der Waals surface area (Å²) in [4.78, 5) is 12.4. The van der Waals surface area contributed by atoms with E-state index in [9.17, 15) is 18.3 Å². The fourth-order valence-corrected chi connectivity index (χ4v) is 4.28. The van der Waals surface area contributed by atoms with Crippen molar-refractivity contribution in [3.8, 4) is 0 Å². The summed E-state index contributed by atoms with van der Waals surface area (Å²) in [5, 5.41) is 14.5. The zero-order valence-electron chi connectivity index (χ0n) is 18.6. The minimum Gasteiger partial charge on any atom is -0.445 e. The summed E-state index contributed by atoms with van der Waals surface area (Å²) in [5.41, 5.74) is 1.73. The lowest BCUT2D eigenvalue weighted by molar-refractivity contribution is 0.0875. The average molecular weight is 461 g/mol. The van der Waals surface area contributed by atoms with Crippen molar-refractivity contribution in [1.82, 2.24) is 9.62 Å². The Hall–Kier alpha value is -2.68. The van der Waals surface area contributed by atoms with E-state index in [2.05, 4.69) is 11.9 Å². The molecule has 0 bridgehead atoms. The van der Waals surface area contributed by atoms with Gasteiger partial charge < -0.3 is 15.2 Å². The largest absolute Gasteiger partial charge is 0.445 e. The number of aliphatic hydroxyl groups excluding tert-OH is 1.